The first-order chi connectivity index (χ1) is 5.79. The van der Waals surface area contributed by atoms with Crippen LogP contribution in [-0.2, 0) is 0 Å². The van der Waals surface area contributed by atoms with Gasteiger partial charge in [-0.05, 0) is 18.2 Å². The van der Waals surface area contributed by atoms with Gasteiger partial charge in [0.2, 0.25) is 5.76 Å². The van der Waals surface area contributed by atoms with E-state index in [4.69, 9.17) is 9.68 Å². The Kier molecular flexibility index (Phi) is 1.56. The highest BCUT2D eigenvalue weighted by Gasteiger charge is 2.01. The molecular weight excluding hydrogens is 170 g/mol. The van der Waals surface area contributed by atoms with Gasteiger partial charge in [-0.25, -0.2) is 0 Å². The Labute approximate surface area is 74.8 Å². The molecule has 3 heteroatoms. The van der Waals surface area contributed by atoms with Gasteiger partial charge in [0, 0.05) is 16.3 Å². The van der Waals surface area contributed by atoms with Crippen LogP contribution >= 0.6 is 12.6 Å². The van der Waals surface area contributed by atoms with E-state index in [9.17, 15) is 0 Å². The SMILES string of the molecule is N#Cc1cc2ccc(S)cc2o1. The van der Waals surface area contributed by atoms with Crippen molar-refractivity contribution in [3.05, 3.63) is 30.0 Å². The van der Waals surface area contributed by atoms with Gasteiger partial charge in [0.25, 0.3) is 0 Å². The third kappa shape index (κ3) is 1.06. The van der Waals surface area contributed by atoms with Crippen LogP contribution in [0.2, 0.25) is 0 Å². The number of benzene rings is 1. The Hall–Kier alpha value is -1.40. The summed E-state index contributed by atoms with van der Waals surface area (Å²) >= 11 is 4.16. The maximum atomic E-state index is 8.55. The topological polar surface area (TPSA) is 36.9 Å². The molecule has 0 unspecified atom stereocenters. The Balaban J connectivity index is 2.77. The number of nitriles is 1. The van der Waals surface area contributed by atoms with Crippen molar-refractivity contribution in [2.45, 2.75) is 4.90 Å². The van der Waals surface area contributed by atoms with Gasteiger partial charge in [-0.1, -0.05) is 0 Å². The average Bonchev–Trinajstić information content (AvgIpc) is 2.46. The minimum atomic E-state index is 0.337. The minimum Gasteiger partial charge on any atom is -0.446 e. The summed E-state index contributed by atoms with van der Waals surface area (Å²) in [5.41, 5.74) is 0.707. The highest BCUT2D eigenvalue weighted by molar-refractivity contribution is 7.80. The first-order valence-electron chi connectivity index (χ1n) is 3.42. The minimum absolute atomic E-state index is 0.337. The Morgan fingerprint density at radius 1 is 1.33 bits per heavy atom. The molecular formula is C9H5NOS. The van der Waals surface area contributed by atoms with Crippen LogP contribution in [0.4, 0.5) is 0 Å². The van der Waals surface area contributed by atoms with Gasteiger partial charge in [-0.3, -0.25) is 0 Å². The predicted molar refractivity (Wildman–Crippen MR) is 48.2 cm³/mol. The van der Waals surface area contributed by atoms with Crippen molar-refractivity contribution in [3.8, 4) is 6.07 Å². The van der Waals surface area contributed by atoms with Gasteiger partial charge in [0.05, 0.1) is 0 Å². The summed E-state index contributed by atoms with van der Waals surface area (Å²) in [7, 11) is 0. The van der Waals surface area contributed by atoms with Crippen LogP contribution in [-0.4, -0.2) is 0 Å². The van der Waals surface area contributed by atoms with Crippen molar-refractivity contribution in [2.75, 3.05) is 0 Å². The van der Waals surface area contributed by atoms with E-state index in [-0.39, 0.29) is 0 Å². The third-order valence-corrected chi connectivity index (χ3v) is 1.89. The standard InChI is InChI=1S/C9H5NOS/c10-5-7-3-6-1-2-8(12)4-9(6)11-7/h1-4,12H. The molecule has 0 atom stereocenters. The lowest BCUT2D eigenvalue weighted by atomic mass is 10.2. The third-order valence-electron chi connectivity index (χ3n) is 1.61. The molecule has 0 amide bonds. The molecule has 1 aromatic heterocycles. The van der Waals surface area contributed by atoms with Crippen molar-refractivity contribution in [1.29, 1.82) is 5.26 Å². The van der Waals surface area contributed by atoms with Crippen molar-refractivity contribution >= 4 is 23.6 Å². The van der Waals surface area contributed by atoms with Crippen LogP contribution < -0.4 is 0 Å². The van der Waals surface area contributed by atoms with Crippen LogP contribution in [0.15, 0.2) is 33.6 Å². The van der Waals surface area contributed by atoms with E-state index in [1.807, 2.05) is 18.2 Å². The zero-order chi connectivity index (χ0) is 8.55. The maximum Gasteiger partial charge on any atom is 0.204 e. The molecule has 0 saturated heterocycles. The average molecular weight is 175 g/mol. The van der Waals surface area contributed by atoms with Gasteiger partial charge >= 0.3 is 0 Å². The summed E-state index contributed by atoms with van der Waals surface area (Å²) in [6.07, 6.45) is 0. The van der Waals surface area contributed by atoms with E-state index in [1.165, 1.54) is 0 Å². The molecule has 0 N–H and O–H groups in total. The lowest BCUT2D eigenvalue weighted by Gasteiger charge is -1.88. The second-order valence-corrected chi connectivity index (χ2v) is 2.96. The van der Waals surface area contributed by atoms with E-state index in [0.29, 0.717) is 11.3 Å². The molecule has 0 spiro atoms. The second-order valence-electron chi connectivity index (χ2n) is 2.44. The highest BCUT2D eigenvalue weighted by atomic mass is 32.1. The Morgan fingerprint density at radius 2 is 2.17 bits per heavy atom. The van der Waals surface area contributed by atoms with E-state index in [0.717, 1.165) is 10.3 Å². The molecule has 2 aromatic rings. The molecule has 0 aliphatic carbocycles. The smallest absolute Gasteiger partial charge is 0.204 e. The molecule has 0 bridgehead atoms. The summed E-state index contributed by atoms with van der Waals surface area (Å²) in [4.78, 5) is 0.835. The fraction of sp³-hybridized carbons (Fsp3) is 0. The number of nitrogens with zero attached hydrogens (tertiary/aromatic N) is 1. The van der Waals surface area contributed by atoms with E-state index >= 15 is 0 Å². The van der Waals surface area contributed by atoms with Crippen LogP contribution in [0, 0.1) is 11.3 Å². The first-order valence-corrected chi connectivity index (χ1v) is 3.87. The maximum absolute atomic E-state index is 8.55. The molecule has 0 fully saturated rings. The monoisotopic (exact) mass is 175 g/mol. The molecule has 1 aromatic carbocycles. The summed E-state index contributed by atoms with van der Waals surface area (Å²) in [5, 5.41) is 9.48. The molecule has 0 aliphatic heterocycles. The predicted octanol–water partition coefficient (Wildman–Crippen LogP) is 2.59. The summed E-state index contributed by atoms with van der Waals surface area (Å²) in [6.45, 7) is 0. The number of thiol groups is 1. The quantitative estimate of drug-likeness (QED) is 0.625. The molecule has 0 aliphatic rings. The molecule has 12 heavy (non-hydrogen) atoms. The van der Waals surface area contributed by atoms with Gasteiger partial charge in [0.1, 0.15) is 11.7 Å². The zero-order valence-electron chi connectivity index (χ0n) is 6.11. The number of furan rings is 1. The molecule has 1 heterocycles. The highest BCUT2D eigenvalue weighted by Crippen LogP contribution is 2.21. The summed E-state index contributed by atoms with van der Waals surface area (Å²) in [5.74, 6) is 0.337. The number of hydrogen-bond acceptors (Lipinski definition) is 3. The van der Waals surface area contributed by atoms with Crippen LogP contribution in [0.5, 0.6) is 0 Å². The van der Waals surface area contributed by atoms with Crippen LogP contribution in [0.3, 0.4) is 0 Å². The fourth-order valence-corrected chi connectivity index (χ4v) is 1.27. The van der Waals surface area contributed by atoms with Gasteiger partial charge in [0.15, 0.2) is 0 Å². The van der Waals surface area contributed by atoms with E-state index in [1.54, 1.807) is 12.1 Å². The van der Waals surface area contributed by atoms with Gasteiger partial charge in [-0.15, -0.1) is 12.6 Å². The van der Waals surface area contributed by atoms with Crippen molar-refractivity contribution in [1.82, 2.24) is 0 Å². The molecule has 0 saturated carbocycles. The van der Waals surface area contributed by atoms with Crippen molar-refractivity contribution < 1.29 is 4.42 Å². The molecule has 2 nitrogen and oxygen atoms in total. The van der Waals surface area contributed by atoms with E-state index < -0.39 is 0 Å². The first kappa shape index (κ1) is 7.26. The van der Waals surface area contributed by atoms with E-state index in [2.05, 4.69) is 12.6 Å². The zero-order valence-corrected chi connectivity index (χ0v) is 7.01. The second kappa shape index (κ2) is 2.58. The van der Waals surface area contributed by atoms with Crippen molar-refractivity contribution in [3.63, 3.8) is 0 Å². The largest absolute Gasteiger partial charge is 0.446 e. The Bertz CT molecular complexity index is 467. The number of fused-ring (bicyclic) bond motifs is 1. The molecule has 58 valence electrons. The molecule has 2 rings (SSSR count). The normalized spacial score (nSPS) is 10.0. The number of rotatable bonds is 0. The fourth-order valence-electron chi connectivity index (χ4n) is 1.07. The summed E-state index contributed by atoms with van der Waals surface area (Å²) < 4.78 is 5.19. The van der Waals surface area contributed by atoms with Gasteiger partial charge < -0.3 is 4.42 Å². The molecule has 0 radical (unpaired) electrons. The summed E-state index contributed by atoms with van der Waals surface area (Å²) in [6, 6.07) is 9.19. The Morgan fingerprint density at radius 3 is 2.92 bits per heavy atom. The number of hydrogen-bond donors (Lipinski definition) is 1. The lowest BCUT2D eigenvalue weighted by Crippen LogP contribution is -1.63. The lowest BCUT2D eigenvalue weighted by molar-refractivity contribution is 0.598. The van der Waals surface area contributed by atoms with Crippen LogP contribution in [0.1, 0.15) is 5.76 Å². The van der Waals surface area contributed by atoms with Gasteiger partial charge in [-0.2, -0.15) is 5.26 Å². The van der Waals surface area contributed by atoms with Crippen LogP contribution in [0.25, 0.3) is 11.0 Å². The van der Waals surface area contributed by atoms with Crippen molar-refractivity contribution in [2.24, 2.45) is 0 Å².